The van der Waals surface area contributed by atoms with Crippen molar-refractivity contribution in [1.82, 2.24) is 40.3 Å². The summed E-state index contributed by atoms with van der Waals surface area (Å²) in [5.74, 6) is 4.06. The third-order valence-corrected chi connectivity index (χ3v) is 16.8. The summed E-state index contributed by atoms with van der Waals surface area (Å²) in [6, 6.07) is 17.0. The number of aromatic nitrogens is 3. The SMILES string of the molecule is C#Cc1ccc([C@H](C)NC(=O)[C@@H]2C[C@@H](O)CN2C(=O)C(c2cc(N3CCC(CN4CCC(N5CCC(N6CCN7c8cc(-c9ccccc9O)nnc8NC[C@H]7C6)CC5)CC4)CC3)no2)C(C)C)c(Cl)c1. The third kappa shape index (κ3) is 10.6. The molecular weight excluding hydrogens is 918 g/mol. The van der Waals surface area contributed by atoms with E-state index in [-0.39, 0.29) is 36.4 Å². The van der Waals surface area contributed by atoms with Crippen LogP contribution in [-0.4, -0.2) is 166 Å². The zero-order valence-electron chi connectivity index (χ0n) is 41.4. The van der Waals surface area contributed by atoms with Crippen LogP contribution in [0.25, 0.3) is 11.3 Å². The maximum absolute atomic E-state index is 14.3. The fourth-order valence-electron chi connectivity index (χ4n) is 12.4. The van der Waals surface area contributed by atoms with Gasteiger partial charge in [-0.25, -0.2) is 0 Å². The monoisotopic (exact) mass is 988 g/mol. The molecular formula is C54H70ClN11O5. The highest BCUT2D eigenvalue weighted by atomic mass is 35.5. The number of carbonyl (C=O) groups is 2. The van der Waals surface area contributed by atoms with E-state index in [0.717, 1.165) is 89.1 Å². The van der Waals surface area contributed by atoms with Gasteiger partial charge in [-0.05, 0) is 119 Å². The van der Waals surface area contributed by atoms with E-state index in [1.165, 1.54) is 43.7 Å². The molecule has 5 saturated heterocycles. The normalized spacial score (nSPS) is 24.0. The fraction of sp³-hybridized carbons (Fsp3) is 0.574. The van der Waals surface area contributed by atoms with Crippen LogP contribution in [0, 0.1) is 24.2 Å². The number of rotatable bonds is 12. The molecule has 378 valence electrons. The number of benzene rings is 2. The zero-order chi connectivity index (χ0) is 49.3. The average Bonchev–Trinajstić information content (AvgIpc) is 4.03. The molecule has 5 atom stereocenters. The Morgan fingerprint density at radius 3 is 2.37 bits per heavy atom. The van der Waals surface area contributed by atoms with E-state index < -0.39 is 24.1 Å². The molecule has 2 aromatic heterocycles. The van der Waals surface area contributed by atoms with Gasteiger partial charge in [0.1, 0.15) is 17.7 Å². The number of aliphatic hydroxyl groups is 1. The van der Waals surface area contributed by atoms with Crippen LogP contribution < -0.4 is 20.4 Å². The van der Waals surface area contributed by atoms with Crippen molar-refractivity contribution < 1.29 is 24.3 Å². The molecule has 6 aliphatic rings. The summed E-state index contributed by atoms with van der Waals surface area (Å²) < 4.78 is 5.93. The van der Waals surface area contributed by atoms with Gasteiger partial charge < -0.3 is 49.9 Å². The number of carbonyl (C=O) groups excluding carboxylic acids is 2. The Kier molecular flexibility index (Phi) is 14.8. The lowest BCUT2D eigenvalue weighted by molar-refractivity contribution is -0.141. The van der Waals surface area contributed by atoms with Crippen LogP contribution >= 0.6 is 11.6 Å². The second kappa shape index (κ2) is 21.3. The molecule has 2 amide bonds. The van der Waals surface area contributed by atoms with Crippen molar-refractivity contribution in [3.05, 3.63) is 76.5 Å². The fourth-order valence-corrected chi connectivity index (χ4v) is 12.8. The molecule has 8 heterocycles. The number of likely N-dealkylation sites (tertiary alicyclic amines) is 3. The van der Waals surface area contributed by atoms with Gasteiger partial charge in [0.15, 0.2) is 17.4 Å². The van der Waals surface area contributed by atoms with Crippen molar-refractivity contribution in [2.45, 2.75) is 108 Å². The largest absolute Gasteiger partial charge is 0.507 e. The number of piperidine rings is 3. The van der Waals surface area contributed by atoms with Gasteiger partial charge in [-0.3, -0.25) is 14.5 Å². The maximum Gasteiger partial charge on any atom is 0.243 e. The minimum Gasteiger partial charge on any atom is -0.507 e. The number of terminal acetylenes is 1. The summed E-state index contributed by atoms with van der Waals surface area (Å²) in [5.41, 5.74) is 3.85. The molecule has 1 unspecified atom stereocenters. The third-order valence-electron chi connectivity index (χ3n) is 16.4. The number of nitrogens with zero attached hydrogens (tertiary/aromatic N) is 9. The Balaban J connectivity index is 0.657. The van der Waals surface area contributed by atoms with Crippen LogP contribution in [0.2, 0.25) is 5.02 Å². The Labute approximate surface area is 423 Å². The van der Waals surface area contributed by atoms with Crippen LogP contribution in [0.5, 0.6) is 5.75 Å². The highest BCUT2D eigenvalue weighted by molar-refractivity contribution is 6.31. The van der Waals surface area contributed by atoms with Gasteiger partial charge in [-0.2, -0.15) is 0 Å². The first-order valence-corrected chi connectivity index (χ1v) is 26.4. The summed E-state index contributed by atoms with van der Waals surface area (Å²) in [4.78, 5) is 42.5. The van der Waals surface area contributed by atoms with Crippen LogP contribution in [-0.2, 0) is 9.59 Å². The number of aliphatic hydroxyl groups excluding tert-OH is 1. The minimum absolute atomic E-state index is 0.0640. The average molecular weight is 989 g/mol. The molecule has 0 spiro atoms. The highest BCUT2D eigenvalue weighted by Gasteiger charge is 2.44. The van der Waals surface area contributed by atoms with E-state index >= 15 is 0 Å². The molecule has 4 aromatic rings. The van der Waals surface area contributed by atoms with Crippen molar-refractivity contribution in [2.75, 3.05) is 93.7 Å². The Morgan fingerprint density at radius 2 is 1.63 bits per heavy atom. The van der Waals surface area contributed by atoms with Crippen molar-refractivity contribution in [2.24, 2.45) is 11.8 Å². The summed E-state index contributed by atoms with van der Waals surface area (Å²) in [7, 11) is 0. The number of hydrogen-bond acceptors (Lipinski definition) is 14. The van der Waals surface area contributed by atoms with E-state index in [0.29, 0.717) is 57.2 Å². The van der Waals surface area contributed by atoms with E-state index in [9.17, 15) is 19.8 Å². The second-order valence-corrected chi connectivity index (χ2v) is 21.7. The summed E-state index contributed by atoms with van der Waals surface area (Å²) >= 11 is 6.49. The van der Waals surface area contributed by atoms with Crippen LogP contribution in [0.15, 0.2) is 59.1 Å². The first-order valence-electron chi connectivity index (χ1n) is 26.0. The van der Waals surface area contributed by atoms with E-state index in [1.807, 2.05) is 45.0 Å². The number of β-amino-alcohol motifs (C(OH)–C–C–N with tert-alkyl or cyclic N) is 1. The summed E-state index contributed by atoms with van der Waals surface area (Å²) in [6.45, 7) is 17.3. The molecule has 10 rings (SSSR count). The van der Waals surface area contributed by atoms with Crippen molar-refractivity contribution >= 4 is 40.7 Å². The Morgan fingerprint density at radius 1 is 0.887 bits per heavy atom. The van der Waals surface area contributed by atoms with Crippen molar-refractivity contribution in [3.63, 3.8) is 0 Å². The number of para-hydroxylation sites is 1. The summed E-state index contributed by atoms with van der Waals surface area (Å²) in [5, 5.41) is 41.6. The smallest absolute Gasteiger partial charge is 0.243 e. The van der Waals surface area contributed by atoms with Crippen LogP contribution in [0.3, 0.4) is 0 Å². The van der Waals surface area contributed by atoms with E-state index in [2.05, 4.69) is 62.5 Å². The van der Waals surface area contributed by atoms with Gasteiger partial charge in [0, 0.05) is 93.1 Å². The molecule has 16 nitrogen and oxygen atoms in total. The molecule has 17 heteroatoms. The lowest BCUT2D eigenvalue weighted by Crippen LogP contribution is -2.61. The number of fused-ring (bicyclic) bond motifs is 3. The van der Waals surface area contributed by atoms with Crippen LogP contribution in [0.4, 0.5) is 17.3 Å². The number of anilines is 3. The number of hydrogen-bond donors (Lipinski definition) is 4. The van der Waals surface area contributed by atoms with Crippen molar-refractivity contribution in [1.29, 1.82) is 0 Å². The zero-order valence-corrected chi connectivity index (χ0v) is 42.2. The van der Waals surface area contributed by atoms with Gasteiger partial charge in [0.2, 0.25) is 11.8 Å². The molecule has 4 N–H and O–H groups in total. The number of halogens is 1. The number of amides is 2. The molecule has 0 saturated carbocycles. The van der Waals surface area contributed by atoms with Gasteiger partial charge in [-0.1, -0.05) is 54.7 Å². The molecule has 2 aromatic carbocycles. The van der Waals surface area contributed by atoms with Gasteiger partial charge in [0.05, 0.1) is 29.6 Å². The van der Waals surface area contributed by atoms with Gasteiger partial charge in [-0.15, -0.1) is 16.6 Å². The quantitative estimate of drug-likeness (QED) is 0.126. The van der Waals surface area contributed by atoms with E-state index in [4.69, 9.17) is 22.5 Å². The number of aromatic hydroxyl groups is 1. The molecule has 0 radical (unpaired) electrons. The first-order chi connectivity index (χ1) is 34.4. The number of nitrogens with one attached hydrogen (secondary N) is 2. The van der Waals surface area contributed by atoms with Gasteiger partial charge >= 0.3 is 0 Å². The van der Waals surface area contributed by atoms with E-state index in [1.54, 1.807) is 24.3 Å². The predicted octanol–water partition coefficient (Wildman–Crippen LogP) is 5.81. The molecule has 6 aliphatic heterocycles. The number of phenols is 1. The lowest BCUT2D eigenvalue weighted by Gasteiger charge is -2.50. The Hall–Kier alpha value is -5.44. The van der Waals surface area contributed by atoms with Crippen LogP contribution in [0.1, 0.15) is 94.6 Å². The predicted molar refractivity (Wildman–Crippen MR) is 275 cm³/mol. The first kappa shape index (κ1) is 49.2. The maximum atomic E-state index is 14.3. The standard InChI is InChI=1S/C54H70ClN11O5/c1-5-36-10-11-42(44(55)26-36)35(4)57-53(69)47-27-41(67)33-66(47)54(70)51(34(2)3)49-29-50(60-71-49)63-20-12-37(13-21-63)31-61-18-14-38(15-19-61)62-22-16-39(17-23-62)64-24-25-65-40(32-64)30-56-52-46(65)28-45(58-59-52)43-8-6-7-9-48(43)68/h1,6-11,26,28-29,34-35,37-41,47,51,67-68H,12-25,27,30-33H2,2-4H3,(H,56,59)(H,57,69)/t35-,40-,41+,47-,51?/m0/s1. The number of phenolic OH excluding ortho intramolecular Hbond substituents is 1. The topological polar surface area (TPSA) is 170 Å². The summed E-state index contributed by atoms with van der Waals surface area (Å²) in [6.07, 6.45) is 11.9. The highest BCUT2D eigenvalue weighted by Crippen LogP contribution is 2.38. The van der Waals surface area contributed by atoms with Gasteiger partial charge in [0.25, 0.3) is 0 Å². The minimum atomic E-state index is -0.839. The molecule has 0 aliphatic carbocycles. The Bertz CT molecular complexity index is 2560. The molecule has 0 bridgehead atoms. The van der Waals surface area contributed by atoms with Crippen molar-refractivity contribution in [3.8, 4) is 29.4 Å². The lowest BCUT2D eigenvalue weighted by atomic mass is 9.91. The number of piperazine rings is 1. The molecule has 71 heavy (non-hydrogen) atoms. The second-order valence-electron chi connectivity index (χ2n) is 21.2. The molecule has 5 fully saturated rings.